The maximum Gasteiger partial charge on any atom is 0.311 e. The third kappa shape index (κ3) is 5.06. The zero-order valence-electron chi connectivity index (χ0n) is 18.3. The van der Waals surface area contributed by atoms with E-state index in [9.17, 15) is 4.79 Å². The molecule has 0 bridgehead atoms. The molecule has 164 valence electrons. The van der Waals surface area contributed by atoms with Crippen LogP contribution < -0.4 is 9.47 Å². The van der Waals surface area contributed by atoms with Crippen molar-refractivity contribution >= 4 is 17.1 Å². The molecule has 0 saturated carbocycles. The van der Waals surface area contributed by atoms with Gasteiger partial charge in [-0.1, -0.05) is 30.3 Å². The van der Waals surface area contributed by atoms with Gasteiger partial charge in [0.15, 0.2) is 5.65 Å². The van der Waals surface area contributed by atoms with E-state index in [1.165, 1.54) is 7.11 Å². The van der Waals surface area contributed by atoms with Gasteiger partial charge in [0.25, 0.3) is 0 Å². The molecule has 0 radical (unpaired) electrons. The number of hydrogen-bond donors (Lipinski definition) is 1. The van der Waals surface area contributed by atoms with E-state index in [-0.39, 0.29) is 18.5 Å². The number of nitrogens with one attached hydrogen (secondary N) is 1. The van der Waals surface area contributed by atoms with Crippen LogP contribution in [-0.2, 0) is 22.6 Å². The number of benzene rings is 2. The zero-order chi connectivity index (χ0) is 22.5. The number of imidazole rings is 1. The number of methoxy groups -OCH3 is 1. The van der Waals surface area contributed by atoms with Gasteiger partial charge in [0.2, 0.25) is 0 Å². The highest BCUT2D eigenvalue weighted by molar-refractivity contribution is 5.79. The second-order valence-electron chi connectivity index (χ2n) is 7.61. The molecule has 32 heavy (non-hydrogen) atoms. The average molecular weight is 431 g/mol. The third-order valence-electron chi connectivity index (χ3n) is 4.77. The Balaban J connectivity index is 1.66. The van der Waals surface area contributed by atoms with E-state index in [1.54, 1.807) is 6.07 Å². The van der Waals surface area contributed by atoms with Crippen molar-refractivity contribution in [2.24, 2.45) is 0 Å². The summed E-state index contributed by atoms with van der Waals surface area (Å²) in [5, 5.41) is 0. The van der Waals surface area contributed by atoms with Crippen LogP contribution in [0.3, 0.4) is 0 Å². The topological polar surface area (TPSA) is 86.3 Å². The molecule has 4 aromatic rings. The van der Waals surface area contributed by atoms with Gasteiger partial charge in [-0.25, -0.2) is 9.97 Å². The zero-order valence-corrected chi connectivity index (χ0v) is 18.3. The lowest BCUT2D eigenvalue weighted by molar-refractivity contribution is -0.139. The standard InChI is InChI=1S/C25H25N3O4/c1-16(2)32-22-12-10-19(31-15-17-7-5-4-6-8-17)14-20(22)24-27-21-11-9-18(13-23(29)30-3)26-25(21)28-24/h4-12,14,16H,13,15H2,1-3H3,(H,26,27,28). The first-order chi connectivity index (χ1) is 15.5. The van der Waals surface area contributed by atoms with E-state index >= 15 is 0 Å². The van der Waals surface area contributed by atoms with Crippen LogP contribution in [0.2, 0.25) is 0 Å². The lowest BCUT2D eigenvalue weighted by Crippen LogP contribution is -2.07. The fourth-order valence-electron chi connectivity index (χ4n) is 3.26. The number of carbonyl (C=O) groups is 1. The summed E-state index contributed by atoms with van der Waals surface area (Å²) in [5.74, 6) is 1.68. The van der Waals surface area contributed by atoms with Gasteiger partial charge in [-0.3, -0.25) is 4.79 Å². The van der Waals surface area contributed by atoms with Gasteiger partial charge in [0.1, 0.15) is 29.4 Å². The van der Waals surface area contributed by atoms with E-state index in [4.69, 9.17) is 14.2 Å². The highest BCUT2D eigenvalue weighted by Gasteiger charge is 2.15. The van der Waals surface area contributed by atoms with Crippen molar-refractivity contribution in [2.75, 3.05) is 7.11 Å². The number of pyridine rings is 1. The Hall–Kier alpha value is -3.87. The first-order valence-corrected chi connectivity index (χ1v) is 10.4. The number of nitrogens with zero attached hydrogens (tertiary/aromatic N) is 2. The Morgan fingerprint density at radius 3 is 2.59 bits per heavy atom. The van der Waals surface area contributed by atoms with Crippen molar-refractivity contribution in [3.63, 3.8) is 0 Å². The van der Waals surface area contributed by atoms with Gasteiger partial charge in [-0.2, -0.15) is 0 Å². The van der Waals surface area contributed by atoms with E-state index in [0.29, 0.717) is 40.8 Å². The van der Waals surface area contributed by atoms with Crippen LogP contribution in [0.4, 0.5) is 0 Å². The number of esters is 1. The van der Waals surface area contributed by atoms with Gasteiger partial charge in [0, 0.05) is 0 Å². The molecule has 2 aromatic heterocycles. The second kappa shape index (κ2) is 9.51. The van der Waals surface area contributed by atoms with Crippen molar-refractivity contribution in [3.8, 4) is 22.9 Å². The van der Waals surface area contributed by atoms with Crippen LogP contribution in [-0.4, -0.2) is 34.1 Å². The Morgan fingerprint density at radius 2 is 1.84 bits per heavy atom. The molecule has 0 spiro atoms. The molecule has 7 heteroatoms. The van der Waals surface area contributed by atoms with E-state index in [1.807, 2.05) is 68.4 Å². The number of hydrogen-bond acceptors (Lipinski definition) is 6. The van der Waals surface area contributed by atoms with Crippen molar-refractivity contribution in [1.82, 2.24) is 15.0 Å². The maximum atomic E-state index is 11.6. The summed E-state index contributed by atoms with van der Waals surface area (Å²) in [6.07, 6.45) is 0.102. The summed E-state index contributed by atoms with van der Waals surface area (Å²) < 4.78 is 16.7. The van der Waals surface area contributed by atoms with Crippen LogP contribution in [0.25, 0.3) is 22.6 Å². The smallest absolute Gasteiger partial charge is 0.311 e. The number of aromatic nitrogens is 3. The van der Waals surface area contributed by atoms with E-state index < -0.39 is 0 Å². The number of aromatic amines is 1. The summed E-state index contributed by atoms with van der Waals surface area (Å²) in [6, 6.07) is 19.3. The van der Waals surface area contributed by atoms with Gasteiger partial charge >= 0.3 is 5.97 Å². The normalized spacial score (nSPS) is 11.0. The molecule has 2 aromatic carbocycles. The van der Waals surface area contributed by atoms with Gasteiger partial charge in [-0.05, 0) is 49.7 Å². The van der Waals surface area contributed by atoms with Gasteiger partial charge in [-0.15, -0.1) is 0 Å². The second-order valence-corrected chi connectivity index (χ2v) is 7.61. The molecule has 0 fully saturated rings. The first kappa shape index (κ1) is 21.4. The molecule has 0 saturated heterocycles. The minimum absolute atomic E-state index is 0.000927. The predicted octanol–water partition coefficient (Wildman–Crippen LogP) is 4.71. The predicted molar refractivity (Wildman–Crippen MR) is 122 cm³/mol. The fraction of sp³-hybridized carbons (Fsp3) is 0.240. The molecule has 1 N–H and O–H groups in total. The SMILES string of the molecule is COC(=O)Cc1ccc2nc(-c3cc(OCc4ccccc4)ccc3OC(C)C)[nH]c2n1. The third-order valence-corrected chi connectivity index (χ3v) is 4.77. The number of ether oxygens (including phenoxy) is 3. The Kier molecular flexibility index (Phi) is 6.35. The van der Waals surface area contributed by atoms with Crippen LogP contribution in [0.15, 0.2) is 60.7 Å². The van der Waals surface area contributed by atoms with E-state index in [2.05, 4.69) is 15.0 Å². The quantitative estimate of drug-likeness (QED) is 0.407. The van der Waals surface area contributed by atoms with Crippen molar-refractivity contribution in [2.45, 2.75) is 33.0 Å². The molecule has 7 nitrogen and oxygen atoms in total. The summed E-state index contributed by atoms with van der Waals surface area (Å²) in [5.41, 5.74) is 3.75. The summed E-state index contributed by atoms with van der Waals surface area (Å²) in [6.45, 7) is 4.41. The monoisotopic (exact) mass is 431 g/mol. The van der Waals surface area contributed by atoms with Crippen LogP contribution >= 0.6 is 0 Å². The van der Waals surface area contributed by atoms with Gasteiger partial charge in [0.05, 0.1) is 30.9 Å². The van der Waals surface area contributed by atoms with Gasteiger partial charge < -0.3 is 19.2 Å². The molecule has 0 atom stereocenters. The Bertz CT molecular complexity index is 1220. The maximum absolute atomic E-state index is 11.6. The Morgan fingerprint density at radius 1 is 1.03 bits per heavy atom. The summed E-state index contributed by atoms with van der Waals surface area (Å²) in [7, 11) is 1.36. The molecule has 0 amide bonds. The van der Waals surface area contributed by atoms with E-state index in [0.717, 1.165) is 11.1 Å². The lowest BCUT2D eigenvalue weighted by Gasteiger charge is -2.15. The minimum atomic E-state index is -0.340. The van der Waals surface area contributed by atoms with Crippen molar-refractivity contribution in [1.29, 1.82) is 0 Å². The highest BCUT2D eigenvalue weighted by Crippen LogP contribution is 2.34. The van der Waals surface area contributed by atoms with Crippen molar-refractivity contribution in [3.05, 3.63) is 71.9 Å². The van der Waals surface area contributed by atoms with Crippen LogP contribution in [0.5, 0.6) is 11.5 Å². The molecular weight excluding hydrogens is 406 g/mol. The number of H-pyrrole nitrogens is 1. The summed E-state index contributed by atoms with van der Waals surface area (Å²) >= 11 is 0. The molecule has 0 aliphatic rings. The largest absolute Gasteiger partial charge is 0.490 e. The van der Waals surface area contributed by atoms with Crippen molar-refractivity contribution < 1.29 is 19.0 Å². The molecular formula is C25H25N3O4. The molecule has 0 unspecified atom stereocenters. The summed E-state index contributed by atoms with van der Waals surface area (Å²) in [4.78, 5) is 24.0. The molecule has 0 aliphatic carbocycles. The molecule has 0 aliphatic heterocycles. The minimum Gasteiger partial charge on any atom is -0.490 e. The Labute approximate surface area is 186 Å². The van der Waals surface area contributed by atoms with Crippen LogP contribution in [0.1, 0.15) is 25.1 Å². The average Bonchev–Trinajstić information content (AvgIpc) is 3.22. The first-order valence-electron chi connectivity index (χ1n) is 10.4. The highest BCUT2D eigenvalue weighted by atomic mass is 16.5. The lowest BCUT2D eigenvalue weighted by atomic mass is 10.1. The fourth-order valence-corrected chi connectivity index (χ4v) is 3.26. The molecule has 4 rings (SSSR count). The number of rotatable bonds is 8. The van der Waals surface area contributed by atoms with Crippen LogP contribution in [0, 0.1) is 0 Å². The number of carbonyl (C=O) groups excluding carboxylic acids is 1. The number of fused-ring (bicyclic) bond motifs is 1. The molecule has 2 heterocycles.